The fourth-order valence-electron chi connectivity index (χ4n) is 3.60. The number of benzene rings is 2. The van der Waals surface area contributed by atoms with Crippen molar-refractivity contribution in [2.24, 2.45) is 0 Å². The van der Waals surface area contributed by atoms with Gasteiger partial charge in [0.15, 0.2) is 0 Å². The van der Waals surface area contributed by atoms with Crippen molar-refractivity contribution >= 4 is 21.8 Å². The molecule has 10 heteroatoms. The van der Waals surface area contributed by atoms with E-state index in [0.29, 0.717) is 39.9 Å². The standard InChI is InChI=1S/C23H21F2N5O3/c1-2-7-32-13-30-19-10-20(33-12-21(24)25)14(11-26)8-18(19)27-22(30)9-17-15-5-3-4-6-16(15)23(31)29-28-17/h3-6,8,10,21H,2,7,9,12-13H2,1H3,(H,29,31). The summed E-state index contributed by atoms with van der Waals surface area (Å²) < 4.78 is 38.1. The normalized spacial score (nSPS) is 11.4. The van der Waals surface area contributed by atoms with Gasteiger partial charge in [-0.3, -0.25) is 4.79 Å². The summed E-state index contributed by atoms with van der Waals surface area (Å²) in [6, 6.07) is 12.1. The molecule has 2 aromatic carbocycles. The van der Waals surface area contributed by atoms with Crippen LogP contribution in [0.4, 0.5) is 8.78 Å². The number of H-pyrrole nitrogens is 1. The average Bonchev–Trinajstić information content (AvgIpc) is 3.15. The number of rotatable bonds is 9. The van der Waals surface area contributed by atoms with E-state index >= 15 is 0 Å². The minimum Gasteiger partial charge on any atom is -0.486 e. The Morgan fingerprint density at radius 2 is 2.03 bits per heavy atom. The van der Waals surface area contributed by atoms with Crippen LogP contribution in [-0.2, 0) is 17.9 Å². The van der Waals surface area contributed by atoms with Crippen LogP contribution in [0.5, 0.6) is 5.75 Å². The second kappa shape index (κ2) is 9.75. The van der Waals surface area contributed by atoms with E-state index in [1.54, 1.807) is 16.7 Å². The summed E-state index contributed by atoms with van der Waals surface area (Å²) in [6.45, 7) is 1.85. The van der Waals surface area contributed by atoms with Crippen LogP contribution in [0.3, 0.4) is 0 Å². The van der Waals surface area contributed by atoms with Gasteiger partial charge in [0.05, 0.1) is 34.1 Å². The lowest BCUT2D eigenvalue weighted by Crippen LogP contribution is -2.13. The Morgan fingerprint density at radius 1 is 1.24 bits per heavy atom. The highest BCUT2D eigenvalue weighted by Gasteiger charge is 2.18. The average molecular weight is 453 g/mol. The lowest BCUT2D eigenvalue weighted by Gasteiger charge is -2.12. The number of ether oxygens (including phenoxy) is 2. The highest BCUT2D eigenvalue weighted by molar-refractivity contribution is 5.84. The van der Waals surface area contributed by atoms with Gasteiger partial charge in [0, 0.05) is 18.1 Å². The molecule has 4 rings (SSSR count). The minimum absolute atomic E-state index is 0.0566. The smallest absolute Gasteiger partial charge is 0.272 e. The number of imidazole rings is 1. The molecule has 8 nitrogen and oxygen atoms in total. The Labute approximate surface area is 187 Å². The molecule has 0 spiro atoms. The summed E-state index contributed by atoms with van der Waals surface area (Å²) in [5, 5.41) is 17.4. The molecule has 0 aliphatic heterocycles. The summed E-state index contributed by atoms with van der Waals surface area (Å²) >= 11 is 0. The van der Waals surface area contributed by atoms with E-state index in [1.165, 1.54) is 12.1 Å². The van der Waals surface area contributed by atoms with E-state index in [0.717, 1.165) is 6.42 Å². The number of aromatic amines is 1. The van der Waals surface area contributed by atoms with Gasteiger partial charge >= 0.3 is 0 Å². The molecule has 0 amide bonds. The van der Waals surface area contributed by atoms with Crippen molar-refractivity contribution in [1.29, 1.82) is 5.26 Å². The topological polar surface area (TPSA) is 106 Å². The second-order valence-electron chi connectivity index (χ2n) is 7.37. The van der Waals surface area contributed by atoms with Crippen molar-refractivity contribution in [3.05, 3.63) is 63.8 Å². The third kappa shape index (κ3) is 4.68. The molecular weight excluding hydrogens is 432 g/mol. The molecule has 0 aliphatic carbocycles. The Balaban J connectivity index is 1.82. The van der Waals surface area contributed by atoms with Crippen LogP contribution in [-0.4, -0.2) is 39.4 Å². The minimum atomic E-state index is -2.67. The van der Waals surface area contributed by atoms with Crippen LogP contribution in [0.2, 0.25) is 0 Å². The van der Waals surface area contributed by atoms with E-state index in [2.05, 4.69) is 15.2 Å². The van der Waals surface area contributed by atoms with Crippen LogP contribution in [0.1, 0.15) is 30.4 Å². The summed E-state index contributed by atoms with van der Waals surface area (Å²) in [4.78, 5) is 16.8. The van der Waals surface area contributed by atoms with Gasteiger partial charge in [-0.25, -0.2) is 18.9 Å². The molecular formula is C23H21F2N5O3. The van der Waals surface area contributed by atoms with Gasteiger partial charge in [0.2, 0.25) is 0 Å². The Morgan fingerprint density at radius 3 is 2.76 bits per heavy atom. The Kier molecular flexibility index (Phi) is 6.60. The maximum absolute atomic E-state index is 12.7. The molecule has 4 aromatic rings. The molecule has 2 heterocycles. The second-order valence-corrected chi connectivity index (χ2v) is 7.37. The zero-order valence-electron chi connectivity index (χ0n) is 17.8. The van der Waals surface area contributed by atoms with E-state index < -0.39 is 13.0 Å². The SMILES string of the molecule is CCCOCn1c(Cc2n[nH]c(=O)c3ccccc23)nc2cc(C#N)c(OCC(F)F)cc21. The molecule has 1 N–H and O–H groups in total. The predicted molar refractivity (Wildman–Crippen MR) is 117 cm³/mol. The van der Waals surface area contributed by atoms with Gasteiger partial charge in [0.1, 0.15) is 31.0 Å². The fourth-order valence-corrected chi connectivity index (χ4v) is 3.60. The Hall–Kier alpha value is -3.84. The lowest BCUT2D eigenvalue weighted by atomic mass is 10.1. The van der Waals surface area contributed by atoms with Gasteiger partial charge in [-0.15, -0.1) is 0 Å². The first kappa shape index (κ1) is 22.4. The summed E-state index contributed by atoms with van der Waals surface area (Å²) in [5.74, 6) is 0.641. The largest absolute Gasteiger partial charge is 0.486 e. The quantitative estimate of drug-likeness (QED) is 0.387. The summed E-state index contributed by atoms with van der Waals surface area (Å²) in [6.07, 6.45) is -1.58. The van der Waals surface area contributed by atoms with Gasteiger partial charge in [-0.05, 0) is 18.6 Å². The molecule has 33 heavy (non-hydrogen) atoms. The lowest BCUT2D eigenvalue weighted by molar-refractivity contribution is 0.0778. The van der Waals surface area contributed by atoms with E-state index in [9.17, 15) is 18.8 Å². The number of aromatic nitrogens is 4. The van der Waals surface area contributed by atoms with Crippen LogP contribution < -0.4 is 10.3 Å². The third-order valence-electron chi connectivity index (χ3n) is 5.08. The number of halogens is 2. The maximum atomic E-state index is 12.7. The van der Waals surface area contributed by atoms with Crippen molar-refractivity contribution < 1.29 is 18.3 Å². The first-order valence-electron chi connectivity index (χ1n) is 10.4. The molecule has 0 unspecified atom stereocenters. The Bertz CT molecular complexity index is 1390. The van der Waals surface area contributed by atoms with Crippen molar-refractivity contribution in [1.82, 2.24) is 19.7 Å². The molecule has 0 atom stereocenters. The number of alkyl halides is 2. The van der Waals surface area contributed by atoms with Crippen LogP contribution in [0, 0.1) is 11.3 Å². The fraction of sp³-hybridized carbons (Fsp3) is 0.304. The number of nitrogens with one attached hydrogen (secondary N) is 1. The molecule has 0 bridgehead atoms. The van der Waals surface area contributed by atoms with Gasteiger partial charge in [0.25, 0.3) is 12.0 Å². The number of fused-ring (bicyclic) bond motifs is 2. The number of nitriles is 1. The molecule has 0 aliphatic rings. The maximum Gasteiger partial charge on any atom is 0.272 e. The van der Waals surface area contributed by atoms with E-state index in [1.807, 2.05) is 25.1 Å². The van der Waals surface area contributed by atoms with Crippen molar-refractivity contribution in [2.75, 3.05) is 13.2 Å². The highest BCUT2D eigenvalue weighted by Crippen LogP contribution is 2.28. The number of hydrogen-bond donors (Lipinski definition) is 1. The molecule has 0 saturated carbocycles. The highest BCUT2D eigenvalue weighted by atomic mass is 19.3. The van der Waals surface area contributed by atoms with E-state index in [4.69, 9.17) is 9.47 Å². The number of hydrogen-bond acceptors (Lipinski definition) is 6. The first-order chi connectivity index (χ1) is 16.0. The van der Waals surface area contributed by atoms with Crippen molar-refractivity contribution in [3.8, 4) is 11.8 Å². The van der Waals surface area contributed by atoms with E-state index in [-0.39, 0.29) is 30.0 Å². The molecule has 0 radical (unpaired) electrons. The molecule has 0 saturated heterocycles. The van der Waals surface area contributed by atoms with Crippen LogP contribution in [0.25, 0.3) is 21.8 Å². The molecule has 0 fully saturated rings. The monoisotopic (exact) mass is 453 g/mol. The predicted octanol–water partition coefficient (Wildman–Crippen LogP) is 3.76. The first-order valence-corrected chi connectivity index (χ1v) is 10.4. The summed E-state index contributed by atoms with van der Waals surface area (Å²) in [5.41, 5.74) is 1.53. The third-order valence-corrected chi connectivity index (χ3v) is 5.08. The molecule has 2 aromatic heterocycles. The number of nitrogens with zero attached hydrogens (tertiary/aromatic N) is 4. The van der Waals surface area contributed by atoms with Gasteiger partial charge in [-0.2, -0.15) is 10.4 Å². The van der Waals surface area contributed by atoms with Gasteiger partial charge < -0.3 is 14.0 Å². The van der Waals surface area contributed by atoms with Gasteiger partial charge in [-0.1, -0.05) is 25.1 Å². The summed E-state index contributed by atoms with van der Waals surface area (Å²) in [7, 11) is 0. The van der Waals surface area contributed by atoms with Crippen LogP contribution >= 0.6 is 0 Å². The zero-order chi connectivity index (χ0) is 23.4. The molecule has 170 valence electrons. The van der Waals surface area contributed by atoms with Crippen molar-refractivity contribution in [3.63, 3.8) is 0 Å². The van der Waals surface area contributed by atoms with Crippen molar-refractivity contribution in [2.45, 2.75) is 32.9 Å². The van der Waals surface area contributed by atoms with Crippen LogP contribution in [0.15, 0.2) is 41.2 Å². The zero-order valence-corrected chi connectivity index (χ0v) is 17.8.